The third-order valence-electron chi connectivity index (χ3n) is 3.57. The number of ether oxygens (including phenoxy) is 1. The standard InChI is InChI=1S/C14H29N3OS.HI/c1-11(2)12-9-17(7-8-19-12)13(15-5)16-10-14(3,4)18-6;/h11-12H,7-10H2,1-6H3,(H,15,16);1H. The molecule has 0 bridgehead atoms. The maximum Gasteiger partial charge on any atom is 0.193 e. The molecule has 1 aliphatic heterocycles. The Balaban J connectivity index is 0.00000361. The van der Waals surface area contributed by atoms with Crippen LogP contribution < -0.4 is 5.32 Å². The van der Waals surface area contributed by atoms with Crippen molar-refractivity contribution in [3.8, 4) is 0 Å². The molecule has 1 aliphatic rings. The molecule has 0 aliphatic carbocycles. The van der Waals surface area contributed by atoms with Crippen molar-refractivity contribution in [3.63, 3.8) is 0 Å². The van der Waals surface area contributed by atoms with E-state index < -0.39 is 0 Å². The smallest absolute Gasteiger partial charge is 0.193 e. The van der Waals surface area contributed by atoms with E-state index in [1.165, 1.54) is 5.75 Å². The van der Waals surface area contributed by atoms with Crippen LogP contribution in [0.1, 0.15) is 27.7 Å². The number of nitrogens with zero attached hydrogens (tertiary/aromatic N) is 2. The highest BCUT2D eigenvalue weighted by molar-refractivity contribution is 14.0. The number of nitrogens with one attached hydrogen (secondary N) is 1. The van der Waals surface area contributed by atoms with Crippen molar-refractivity contribution in [3.05, 3.63) is 0 Å². The molecule has 1 rings (SSSR count). The van der Waals surface area contributed by atoms with E-state index in [1.807, 2.05) is 7.05 Å². The summed E-state index contributed by atoms with van der Waals surface area (Å²) in [6.07, 6.45) is 0. The summed E-state index contributed by atoms with van der Waals surface area (Å²) >= 11 is 2.08. The van der Waals surface area contributed by atoms with E-state index in [1.54, 1.807) is 7.11 Å². The zero-order chi connectivity index (χ0) is 14.5. The quantitative estimate of drug-likeness (QED) is 0.435. The summed E-state index contributed by atoms with van der Waals surface area (Å²) < 4.78 is 5.44. The van der Waals surface area contributed by atoms with Crippen molar-refractivity contribution >= 4 is 41.7 Å². The van der Waals surface area contributed by atoms with Gasteiger partial charge in [0.15, 0.2) is 5.96 Å². The second-order valence-corrected chi connectivity index (χ2v) is 7.31. The lowest BCUT2D eigenvalue weighted by atomic mass is 10.1. The molecule has 0 saturated carbocycles. The fourth-order valence-electron chi connectivity index (χ4n) is 1.97. The van der Waals surface area contributed by atoms with E-state index in [-0.39, 0.29) is 29.6 Å². The molecule has 1 heterocycles. The molecule has 0 radical (unpaired) electrons. The number of hydrogen-bond acceptors (Lipinski definition) is 3. The normalized spacial score (nSPS) is 20.9. The lowest BCUT2D eigenvalue weighted by Crippen LogP contribution is -2.51. The molecule has 4 nitrogen and oxygen atoms in total. The molecular formula is C14H30IN3OS. The van der Waals surface area contributed by atoms with E-state index >= 15 is 0 Å². The Kier molecular flexibility index (Phi) is 9.50. The van der Waals surface area contributed by atoms with Crippen LogP contribution in [0.3, 0.4) is 0 Å². The van der Waals surface area contributed by atoms with Gasteiger partial charge in [0.2, 0.25) is 0 Å². The molecule has 1 fully saturated rings. The summed E-state index contributed by atoms with van der Waals surface area (Å²) in [4.78, 5) is 6.78. The van der Waals surface area contributed by atoms with Crippen molar-refractivity contribution in [2.45, 2.75) is 38.5 Å². The Morgan fingerprint density at radius 3 is 2.65 bits per heavy atom. The maximum absolute atomic E-state index is 5.44. The number of methoxy groups -OCH3 is 1. The first-order chi connectivity index (χ1) is 8.89. The molecule has 0 amide bonds. The molecule has 1 unspecified atom stereocenters. The summed E-state index contributed by atoms with van der Waals surface area (Å²) in [6, 6.07) is 0. The number of rotatable bonds is 4. The first-order valence-corrected chi connectivity index (χ1v) is 8.07. The number of guanidine groups is 1. The van der Waals surface area contributed by atoms with Crippen molar-refractivity contribution in [1.29, 1.82) is 0 Å². The number of aliphatic imine (C=N–C) groups is 1. The highest BCUT2D eigenvalue weighted by atomic mass is 127. The topological polar surface area (TPSA) is 36.9 Å². The Morgan fingerprint density at radius 1 is 1.50 bits per heavy atom. The third-order valence-corrected chi connectivity index (χ3v) is 5.11. The zero-order valence-electron chi connectivity index (χ0n) is 13.6. The van der Waals surface area contributed by atoms with Gasteiger partial charge in [0.05, 0.1) is 5.60 Å². The molecule has 1 atom stereocenters. The minimum atomic E-state index is -0.169. The van der Waals surface area contributed by atoms with Gasteiger partial charge in [-0.05, 0) is 19.8 Å². The lowest BCUT2D eigenvalue weighted by molar-refractivity contribution is 0.0263. The molecule has 0 aromatic heterocycles. The monoisotopic (exact) mass is 415 g/mol. The average molecular weight is 415 g/mol. The van der Waals surface area contributed by atoms with Crippen molar-refractivity contribution in [2.24, 2.45) is 10.9 Å². The molecule has 120 valence electrons. The Bertz CT molecular complexity index is 311. The van der Waals surface area contributed by atoms with Gasteiger partial charge in [0.25, 0.3) is 0 Å². The van der Waals surface area contributed by atoms with Gasteiger partial charge < -0.3 is 15.0 Å². The number of halogens is 1. The summed E-state index contributed by atoms with van der Waals surface area (Å²) in [5, 5.41) is 4.13. The van der Waals surface area contributed by atoms with Crippen molar-refractivity contribution < 1.29 is 4.74 Å². The van der Waals surface area contributed by atoms with E-state index in [0.717, 1.165) is 25.6 Å². The predicted octanol–water partition coefficient (Wildman–Crippen LogP) is 2.68. The second kappa shape index (κ2) is 9.35. The van der Waals surface area contributed by atoms with Gasteiger partial charge in [-0.15, -0.1) is 24.0 Å². The van der Waals surface area contributed by atoms with Crippen molar-refractivity contribution in [1.82, 2.24) is 10.2 Å². The van der Waals surface area contributed by atoms with Gasteiger partial charge in [-0.25, -0.2) is 0 Å². The van der Waals surface area contributed by atoms with Gasteiger partial charge in [-0.3, -0.25) is 4.99 Å². The minimum absolute atomic E-state index is 0. The van der Waals surface area contributed by atoms with Gasteiger partial charge in [0.1, 0.15) is 0 Å². The van der Waals surface area contributed by atoms with Crippen LogP contribution in [-0.2, 0) is 4.74 Å². The largest absolute Gasteiger partial charge is 0.377 e. The van der Waals surface area contributed by atoms with Crippen LogP contribution >= 0.6 is 35.7 Å². The average Bonchev–Trinajstić information content (AvgIpc) is 2.39. The highest BCUT2D eigenvalue weighted by Gasteiger charge is 2.26. The fourth-order valence-corrected chi connectivity index (χ4v) is 3.27. The van der Waals surface area contributed by atoms with E-state index in [2.05, 4.69) is 54.7 Å². The molecule has 0 aromatic rings. The molecule has 6 heteroatoms. The number of thioether (sulfide) groups is 1. The molecule has 0 spiro atoms. The van der Waals surface area contributed by atoms with Gasteiger partial charge in [0, 0.05) is 44.8 Å². The molecule has 1 N–H and O–H groups in total. The van der Waals surface area contributed by atoms with Gasteiger partial charge in [-0.2, -0.15) is 11.8 Å². The van der Waals surface area contributed by atoms with Gasteiger partial charge >= 0.3 is 0 Å². The van der Waals surface area contributed by atoms with Gasteiger partial charge in [-0.1, -0.05) is 13.8 Å². The van der Waals surface area contributed by atoms with Crippen LogP contribution in [0.2, 0.25) is 0 Å². The van der Waals surface area contributed by atoms with E-state index in [9.17, 15) is 0 Å². The fraction of sp³-hybridized carbons (Fsp3) is 0.929. The van der Waals surface area contributed by atoms with Crippen LogP contribution in [-0.4, -0.2) is 61.3 Å². The second-order valence-electron chi connectivity index (χ2n) is 5.96. The van der Waals surface area contributed by atoms with Crippen LogP contribution in [0.15, 0.2) is 4.99 Å². The molecule has 0 aromatic carbocycles. The summed E-state index contributed by atoms with van der Waals surface area (Å²) in [5.41, 5.74) is -0.169. The van der Waals surface area contributed by atoms with Crippen LogP contribution in [0.4, 0.5) is 0 Å². The molecule has 20 heavy (non-hydrogen) atoms. The lowest BCUT2D eigenvalue weighted by Gasteiger charge is -2.37. The summed E-state index contributed by atoms with van der Waals surface area (Å²) in [5.74, 6) is 2.88. The van der Waals surface area contributed by atoms with Crippen LogP contribution in [0.5, 0.6) is 0 Å². The predicted molar refractivity (Wildman–Crippen MR) is 101 cm³/mol. The molecular weight excluding hydrogens is 385 g/mol. The minimum Gasteiger partial charge on any atom is -0.377 e. The highest BCUT2D eigenvalue weighted by Crippen LogP contribution is 2.24. The first-order valence-electron chi connectivity index (χ1n) is 7.02. The van der Waals surface area contributed by atoms with Crippen LogP contribution in [0.25, 0.3) is 0 Å². The third kappa shape index (κ3) is 6.39. The Morgan fingerprint density at radius 2 is 2.15 bits per heavy atom. The molecule has 1 saturated heterocycles. The Hall–Kier alpha value is 0.310. The van der Waals surface area contributed by atoms with E-state index in [0.29, 0.717) is 11.2 Å². The first kappa shape index (κ1) is 20.3. The van der Waals surface area contributed by atoms with Crippen molar-refractivity contribution in [2.75, 3.05) is 39.5 Å². The number of hydrogen-bond donors (Lipinski definition) is 1. The van der Waals surface area contributed by atoms with E-state index in [4.69, 9.17) is 4.74 Å². The summed E-state index contributed by atoms with van der Waals surface area (Å²) in [7, 11) is 3.60. The Labute approximate surface area is 145 Å². The SMILES string of the molecule is CN=C(NCC(C)(C)OC)N1CCSC(C(C)C)C1.I. The summed E-state index contributed by atoms with van der Waals surface area (Å²) in [6.45, 7) is 11.7. The maximum atomic E-state index is 5.44. The zero-order valence-corrected chi connectivity index (χ0v) is 16.7. The van der Waals surface area contributed by atoms with Crippen LogP contribution in [0, 0.1) is 5.92 Å².